The molecule has 2 rings (SSSR count). The van der Waals surface area contributed by atoms with Crippen LogP contribution in [0.1, 0.15) is 84.1 Å². The summed E-state index contributed by atoms with van der Waals surface area (Å²) in [6.45, 7) is 8.40. The Hall–Kier alpha value is -3.80. The molecule has 13 heteroatoms. The molecule has 1 amide bonds. The van der Waals surface area contributed by atoms with E-state index < -0.39 is 11.9 Å². The van der Waals surface area contributed by atoms with Crippen molar-refractivity contribution >= 4 is 40.9 Å². The van der Waals surface area contributed by atoms with E-state index in [9.17, 15) is 19.2 Å². The van der Waals surface area contributed by atoms with Gasteiger partial charge in [-0.3, -0.25) is 24.2 Å². The maximum atomic E-state index is 13.0. The number of ketones is 2. The van der Waals surface area contributed by atoms with Gasteiger partial charge in [-0.2, -0.15) is 0 Å². The van der Waals surface area contributed by atoms with Crippen molar-refractivity contribution < 1.29 is 43.9 Å². The van der Waals surface area contributed by atoms with Gasteiger partial charge in [-0.25, -0.2) is 0 Å². The van der Waals surface area contributed by atoms with E-state index in [1.54, 1.807) is 24.2 Å². The lowest BCUT2D eigenvalue weighted by atomic mass is 9.96. The zero-order valence-electron chi connectivity index (χ0n) is 34.4. The number of terminal acetylenes is 1. The second kappa shape index (κ2) is 31.3. The lowest BCUT2D eigenvalue weighted by molar-refractivity contribution is -0.396. The number of aromatic nitrogens is 1. The first-order valence-corrected chi connectivity index (χ1v) is 20.5. The van der Waals surface area contributed by atoms with Gasteiger partial charge >= 0.3 is 5.97 Å². The second-order valence-corrected chi connectivity index (χ2v) is 16.4. The minimum atomic E-state index is -0.669. The number of anilines is 1. The minimum Gasteiger partial charge on any atom is -0.461 e. The number of carbonyl (C=O) groups excluding carboxylic acids is 4. The molecule has 1 aromatic carbocycles. The first-order chi connectivity index (χ1) is 26.8. The lowest BCUT2D eigenvalue weighted by Gasteiger charge is -2.18. The Morgan fingerprint density at radius 2 is 1.54 bits per heavy atom. The van der Waals surface area contributed by atoms with Crippen LogP contribution in [0.5, 0.6) is 0 Å². The summed E-state index contributed by atoms with van der Waals surface area (Å²) >= 11 is 1.77. The number of hydrogen-bond donors (Lipinski definition) is 2. The van der Waals surface area contributed by atoms with E-state index in [0.717, 1.165) is 43.4 Å². The van der Waals surface area contributed by atoms with Gasteiger partial charge in [0.25, 0.3) is 0 Å². The molecule has 0 aliphatic rings. The van der Waals surface area contributed by atoms with Crippen molar-refractivity contribution in [1.29, 1.82) is 0 Å². The van der Waals surface area contributed by atoms with Gasteiger partial charge in [0.2, 0.25) is 5.91 Å². The molecule has 0 saturated carbocycles. The SMILES string of the molecule is C#CCOCCOCCOCC(=O)C[C@@H](CCC(=O)OCc1ccccc1)C(=O)NCCCCCCCC(=O)[C@H]([NH3+])CSC(C)(C)C.CN(C)c1ccncc1. The van der Waals surface area contributed by atoms with E-state index in [1.807, 2.05) is 61.5 Å². The number of quaternary nitrogens is 1. The van der Waals surface area contributed by atoms with E-state index in [2.05, 4.69) is 42.7 Å². The summed E-state index contributed by atoms with van der Waals surface area (Å²) in [5, 5.41) is 2.93. The predicted octanol–water partition coefficient (Wildman–Crippen LogP) is 5.08. The number of thioether (sulfide) groups is 1. The maximum Gasteiger partial charge on any atom is 0.306 e. The summed E-state index contributed by atoms with van der Waals surface area (Å²) in [5.74, 6) is 1.77. The number of unbranched alkanes of at least 4 members (excludes halogenated alkanes) is 4. The van der Waals surface area contributed by atoms with Gasteiger partial charge in [0.15, 0.2) is 17.6 Å². The summed E-state index contributed by atoms with van der Waals surface area (Å²) in [4.78, 5) is 56.4. The number of esters is 1. The molecule has 12 nitrogen and oxygen atoms in total. The lowest BCUT2D eigenvalue weighted by Crippen LogP contribution is -2.66. The van der Waals surface area contributed by atoms with E-state index in [4.69, 9.17) is 25.4 Å². The molecule has 0 spiro atoms. The molecule has 0 unspecified atom stereocenters. The zero-order valence-corrected chi connectivity index (χ0v) is 35.2. The minimum absolute atomic E-state index is 0.0242. The number of nitrogens with zero attached hydrogens (tertiary/aromatic N) is 2. The van der Waals surface area contributed by atoms with Gasteiger partial charge in [0.05, 0.1) is 32.2 Å². The summed E-state index contributed by atoms with van der Waals surface area (Å²) in [6.07, 6.45) is 13.9. The maximum absolute atomic E-state index is 13.0. The fraction of sp³-hybridized carbons (Fsp3) is 0.605. The van der Waals surface area contributed by atoms with Crippen LogP contribution in [0.3, 0.4) is 0 Å². The monoisotopic (exact) mass is 799 g/mol. The number of Topliss-reactive ketones (excluding diaryl/α,β-unsaturated/α-hetero) is 2. The van der Waals surface area contributed by atoms with E-state index in [1.165, 1.54) is 5.69 Å². The van der Waals surface area contributed by atoms with Crippen LogP contribution in [0.25, 0.3) is 0 Å². The van der Waals surface area contributed by atoms with Crippen LogP contribution in [-0.4, -0.2) is 105 Å². The molecule has 0 bridgehead atoms. The first-order valence-electron chi connectivity index (χ1n) is 19.5. The highest BCUT2D eigenvalue weighted by Gasteiger charge is 2.24. The van der Waals surface area contributed by atoms with Crippen molar-refractivity contribution in [2.75, 3.05) is 70.9 Å². The van der Waals surface area contributed by atoms with Gasteiger partial charge in [-0.1, -0.05) is 76.3 Å². The number of pyridine rings is 1. The van der Waals surface area contributed by atoms with Gasteiger partial charge in [0, 0.05) is 68.6 Å². The molecule has 0 fully saturated rings. The summed E-state index contributed by atoms with van der Waals surface area (Å²) in [6, 6.07) is 13.1. The molecule has 2 atom stereocenters. The topological polar surface area (TPSA) is 161 Å². The Kier molecular flexibility index (Phi) is 28.1. The van der Waals surface area contributed by atoms with Crippen LogP contribution in [0.2, 0.25) is 0 Å². The van der Waals surface area contributed by atoms with Crippen LogP contribution >= 0.6 is 11.8 Å². The van der Waals surface area contributed by atoms with Crippen LogP contribution in [0, 0.1) is 18.3 Å². The number of hydrogen-bond acceptors (Lipinski definition) is 11. The smallest absolute Gasteiger partial charge is 0.306 e. The fourth-order valence-corrected chi connectivity index (χ4v) is 5.90. The van der Waals surface area contributed by atoms with Crippen LogP contribution < -0.4 is 16.0 Å². The third-order valence-corrected chi connectivity index (χ3v) is 9.66. The number of carbonyl (C=O) groups is 4. The Bertz CT molecular complexity index is 1400. The first kappa shape index (κ1) is 50.2. The Labute approximate surface area is 339 Å². The Morgan fingerprint density at radius 1 is 0.893 bits per heavy atom. The molecule has 2 aromatic rings. The standard InChI is InChI=1S/C36H56N2O8S.C7H10N2/c1-5-20-43-21-22-44-23-24-45-27-31(39)25-30(17-18-34(41)46-26-29-14-10-9-11-15-29)35(42)38-19-13-8-6-7-12-16-33(40)32(37)28-47-36(2,3)4;1-9(2)7-3-5-8-6-4-7/h1,9-11,14-15,30,32H,6-8,12-13,16-28,37H2,2-4H3,(H,38,42);3-6H,1-2H3/p+1/t30-,32-;/m1./s1. The highest BCUT2D eigenvalue weighted by Crippen LogP contribution is 2.23. The van der Waals surface area contributed by atoms with Gasteiger partial charge < -0.3 is 34.9 Å². The number of nitrogens with one attached hydrogen (secondary N) is 1. The van der Waals surface area contributed by atoms with Crippen molar-refractivity contribution in [1.82, 2.24) is 10.3 Å². The van der Waals surface area contributed by atoms with Crippen molar-refractivity contribution in [3.05, 3.63) is 60.4 Å². The van der Waals surface area contributed by atoms with Crippen LogP contribution in [-0.2, 0) is 44.7 Å². The normalized spacial score (nSPS) is 12.0. The third-order valence-electron chi connectivity index (χ3n) is 8.23. The molecule has 0 aliphatic carbocycles. The van der Waals surface area contributed by atoms with Crippen LogP contribution in [0.4, 0.5) is 5.69 Å². The number of amides is 1. The molecule has 0 saturated heterocycles. The highest BCUT2D eigenvalue weighted by atomic mass is 32.2. The predicted molar refractivity (Wildman–Crippen MR) is 223 cm³/mol. The summed E-state index contributed by atoms with van der Waals surface area (Å²) in [5.41, 5.74) is 6.09. The molecular weight excluding hydrogens is 733 g/mol. The molecule has 56 heavy (non-hydrogen) atoms. The molecule has 4 N–H and O–H groups in total. The average molecular weight is 800 g/mol. The Balaban J connectivity index is 0.00000152. The number of ether oxygens (including phenoxy) is 4. The van der Waals surface area contributed by atoms with Crippen molar-refractivity contribution in [3.63, 3.8) is 0 Å². The van der Waals surface area contributed by atoms with E-state index in [0.29, 0.717) is 32.8 Å². The average Bonchev–Trinajstić information content (AvgIpc) is 3.18. The highest BCUT2D eigenvalue weighted by molar-refractivity contribution is 8.00. The molecule has 0 aliphatic heterocycles. The fourth-order valence-electron chi connectivity index (χ4n) is 5.02. The summed E-state index contributed by atoms with van der Waals surface area (Å²) in [7, 11) is 4.02. The number of benzene rings is 1. The Morgan fingerprint density at radius 3 is 2.18 bits per heavy atom. The van der Waals surface area contributed by atoms with Gasteiger partial charge in [-0.15, -0.1) is 18.2 Å². The third kappa shape index (κ3) is 27.7. The molecule has 1 aromatic heterocycles. The quantitative estimate of drug-likeness (QED) is 0.0642. The molecular formula is C43H67N4O8S+. The van der Waals surface area contributed by atoms with Gasteiger partial charge in [0.1, 0.15) is 19.8 Å². The van der Waals surface area contributed by atoms with Crippen molar-refractivity contribution in [3.8, 4) is 12.3 Å². The van der Waals surface area contributed by atoms with Crippen LogP contribution in [0.15, 0.2) is 54.9 Å². The van der Waals surface area contributed by atoms with Crippen molar-refractivity contribution in [2.24, 2.45) is 5.92 Å². The molecule has 1 heterocycles. The number of rotatable bonds is 29. The zero-order chi connectivity index (χ0) is 41.4. The van der Waals surface area contributed by atoms with Crippen molar-refractivity contribution in [2.45, 2.75) is 96.0 Å². The largest absolute Gasteiger partial charge is 0.461 e. The molecule has 0 radical (unpaired) electrons. The summed E-state index contributed by atoms with van der Waals surface area (Å²) < 4.78 is 21.4. The molecule has 312 valence electrons. The second-order valence-electron chi connectivity index (χ2n) is 14.5. The van der Waals surface area contributed by atoms with Gasteiger partial charge in [-0.05, 0) is 37.0 Å². The van der Waals surface area contributed by atoms with E-state index >= 15 is 0 Å². The van der Waals surface area contributed by atoms with E-state index in [-0.39, 0.29) is 74.0 Å².